The Morgan fingerprint density at radius 2 is 2.20 bits per heavy atom. The molecule has 0 saturated heterocycles. The number of rotatable bonds is 1. The van der Waals surface area contributed by atoms with Crippen molar-refractivity contribution in [1.82, 2.24) is 0 Å². The molecule has 3 heteroatoms. The summed E-state index contributed by atoms with van der Waals surface area (Å²) in [7, 11) is 0. The van der Waals surface area contributed by atoms with Crippen molar-refractivity contribution in [3.63, 3.8) is 0 Å². The Bertz CT molecular complexity index is 44.9. The summed E-state index contributed by atoms with van der Waals surface area (Å²) < 4.78 is 0.171. The summed E-state index contributed by atoms with van der Waals surface area (Å²) in [5, 5.41) is 0. The fourth-order valence-electron chi connectivity index (χ4n) is 0. The van der Waals surface area contributed by atoms with E-state index in [9.17, 15) is 4.79 Å². The van der Waals surface area contributed by atoms with Gasteiger partial charge < -0.3 is 0 Å². The molecule has 0 saturated carbocycles. The van der Waals surface area contributed by atoms with Gasteiger partial charge in [0.25, 0.3) is 0 Å². The molecule has 0 aliphatic heterocycles. The van der Waals surface area contributed by atoms with Crippen LogP contribution in [0, 0.1) is 0 Å². The van der Waals surface area contributed by atoms with Gasteiger partial charge in [0.2, 0.25) is 0 Å². The average molecular weight is 81.0 g/mol. The number of carbonyl (C=O) groups is 1. The van der Waals surface area contributed by atoms with E-state index in [1.165, 1.54) is 0 Å². The molecule has 0 radical (unpaired) electrons. The van der Waals surface area contributed by atoms with E-state index in [0.29, 0.717) is 27.9 Å². The van der Waals surface area contributed by atoms with Crippen LogP contribution < -0.4 is 5.73 Å². The number of nitrogens with two attached hydrogens (primary N) is 1. The molecule has 0 aromatic rings. The standard InChI is InChI=1S/C2H4NO.Na/c3-1-2-4;/h1,3H2;. The van der Waals surface area contributed by atoms with Gasteiger partial charge in [-0.05, 0) is 0 Å². The van der Waals surface area contributed by atoms with Gasteiger partial charge >= 0.3 is 48.0 Å². The van der Waals surface area contributed by atoms with Crippen molar-refractivity contribution in [3.05, 3.63) is 0 Å². The van der Waals surface area contributed by atoms with Gasteiger partial charge in [0.05, 0.1) is 0 Å². The van der Waals surface area contributed by atoms with E-state index in [0.717, 1.165) is 0 Å². The first-order valence-electron chi connectivity index (χ1n) is 1.47. The number of hydrogen-bond donors (Lipinski definition) is 1. The average Bonchev–Trinajstić information content (AvgIpc) is 1.38. The molecule has 0 rings (SSSR count). The summed E-state index contributed by atoms with van der Waals surface area (Å²) in [5.74, 6) is 0. The van der Waals surface area contributed by atoms with Crippen LogP contribution >= 0.6 is 0 Å². The molecule has 0 aromatic heterocycles. The Morgan fingerprint density at radius 3 is 2.20 bits per heavy atom. The van der Waals surface area contributed by atoms with Crippen LogP contribution in [0.15, 0.2) is 0 Å². The van der Waals surface area contributed by atoms with Crippen LogP contribution in [0.25, 0.3) is 0 Å². The molecule has 0 unspecified atom stereocenters. The third-order valence-corrected chi connectivity index (χ3v) is 0.696. The van der Waals surface area contributed by atoms with Crippen LogP contribution in [-0.4, -0.2) is 37.5 Å². The molecule has 24 valence electrons. The maximum atomic E-state index is 9.75. The quantitative estimate of drug-likeness (QED) is 0.396. The fourth-order valence-corrected chi connectivity index (χ4v) is 0. The summed E-state index contributed by atoms with van der Waals surface area (Å²) in [5.41, 5.74) is 4.86. The maximum absolute atomic E-state index is 9.75. The first-order chi connectivity index (χ1) is 2.27. The van der Waals surface area contributed by atoms with Crippen LogP contribution in [0.4, 0.5) is 0 Å². The van der Waals surface area contributed by atoms with Gasteiger partial charge in [0.1, 0.15) is 0 Å². The number of carbonyl (C=O) groups excluding carboxylic acids is 1. The van der Waals surface area contributed by atoms with E-state index in [1.807, 2.05) is 0 Å². The predicted molar refractivity (Wildman–Crippen MR) is 19.8 cm³/mol. The molecule has 0 fully saturated rings. The molecular weight excluding hydrogens is 77.0 g/mol. The molecule has 2 N–H and O–H groups in total. The zero-order valence-corrected chi connectivity index (χ0v) is 5.19. The molecule has 0 aromatic carbocycles. The van der Waals surface area contributed by atoms with Gasteiger partial charge in [0, 0.05) is 0 Å². The summed E-state index contributed by atoms with van der Waals surface area (Å²) in [6, 6.07) is 0. The van der Waals surface area contributed by atoms with E-state index in [4.69, 9.17) is 5.73 Å². The zero-order chi connectivity index (χ0) is 4.28. The van der Waals surface area contributed by atoms with E-state index < -0.39 is 0 Å². The van der Waals surface area contributed by atoms with E-state index in [2.05, 4.69) is 0 Å². The van der Waals surface area contributed by atoms with Crippen molar-refractivity contribution in [2.75, 3.05) is 6.54 Å². The van der Waals surface area contributed by atoms with Crippen LogP contribution in [0.1, 0.15) is 0 Å². The normalized spacial score (nSPS) is 7.80. The molecular formula is C2H4NNaO. The molecule has 0 aliphatic rings. The van der Waals surface area contributed by atoms with Gasteiger partial charge in [-0.3, -0.25) is 0 Å². The molecule has 0 bridgehead atoms. The van der Waals surface area contributed by atoms with E-state index >= 15 is 0 Å². The molecule has 0 heterocycles. The van der Waals surface area contributed by atoms with Crippen LogP contribution in [0.3, 0.4) is 0 Å². The number of hydrogen-bond acceptors (Lipinski definition) is 2. The Morgan fingerprint density at radius 1 is 2.00 bits per heavy atom. The van der Waals surface area contributed by atoms with Crippen molar-refractivity contribution in [1.29, 1.82) is 0 Å². The van der Waals surface area contributed by atoms with Crippen molar-refractivity contribution in [2.45, 2.75) is 0 Å². The van der Waals surface area contributed by atoms with E-state index in [1.54, 1.807) is 0 Å². The minimum absolute atomic E-state index is 0.171. The third-order valence-electron chi connectivity index (χ3n) is 0.287. The topological polar surface area (TPSA) is 43.1 Å². The molecule has 5 heavy (non-hydrogen) atoms. The van der Waals surface area contributed by atoms with Crippen molar-refractivity contribution in [3.8, 4) is 0 Å². The van der Waals surface area contributed by atoms with Gasteiger partial charge in [-0.2, -0.15) is 0 Å². The third kappa shape index (κ3) is 4.63. The molecule has 0 aliphatic carbocycles. The van der Waals surface area contributed by atoms with Crippen molar-refractivity contribution in [2.24, 2.45) is 5.73 Å². The molecule has 0 spiro atoms. The zero-order valence-electron chi connectivity index (χ0n) is 3.19. The second-order valence-corrected chi connectivity index (χ2v) is 2.02. The Hall–Kier alpha value is 0.630. The second-order valence-electron chi connectivity index (χ2n) is 0.906. The Labute approximate surface area is 48.1 Å². The summed E-state index contributed by atoms with van der Waals surface area (Å²) >= 11 is 0.606. The SMILES string of the molecule is NC[C](=O)[Na]. The minimum atomic E-state index is 0.171. The van der Waals surface area contributed by atoms with Gasteiger partial charge in [-0.25, -0.2) is 0 Å². The van der Waals surface area contributed by atoms with Crippen LogP contribution in [-0.2, 0) is 4.79 Å². The monoisotopic (exact) mass is 81.0 g/mol. The summed E-state index contributed by atoms with van der Waals surface area (Å²) in [4.78, 5) is 9.75. The summed E-state index contributed by atoms with van der Waals surface area (Å²) in [6.45, 7) is 0.228. The van der Waals surface area contributed by atoms with Gasteiger partial charge in [0.15, 0.2) is 0 Å². The molecule has 0 atom stereocenters. The first kappa shape index (κ1) is 5.63. The first-order valence-corrected chi connectivity index (χ1v) is 2.47. The van der Waals surface area contributed by atoms with Crippen LogP contribution in [0.2, 0.25) is 0 Å². The second kappa shape index (κ2) is 2.85. The summed E-state index contributed by atoms with van der Waals surface area (Å²) in [6.07, 6.45) is 0. The molecule has 0 amide bonds. The fraction of sp³-hybridized carbons (Fsp3) is 0.500. The van der Waals surface area contributed by atoms with Gasteiger partial charge in [-0.15, -0.1) is 0 Å². The van der Waals surface area contributed by atoms with Crippen molar-refractivity contribution < 1.29 is 4.79 Å². The predicted octanol–water partition coefficient (Wildman–Crippen LogP) is -1.36. The van der Waals surface area contributed by atoms with Gasteiger partial charge in [-0.1, -0.05) is 0 Å². The van der Waals surface area contributed by atoms with Crippen LogP contribution in [0.5, 0.6) is 0 Å². The van der Waals surface area contributed by atoms with E-state index in [-0.39, 0.29) is 9.58 Å². The van der Waals surface area contributed by atoms with Crippen molar-refractivity contribution >= 4 is 31.0 Å². The molecule has 2 nitrogen and oxygen atoms in total. The Kier molecular flexibility index (Phi) is 3.20. The Balaban J connectivity index is 2.85.